The molecule has 0 aromatic heterocycles. The van der Waals surface area contributed by atoms with Gasteiger partial charge >= 0.3 is 0 Å². The molecule has 1 heterocycles. The first-order valence-electron chi connectivity index (χ1n) is 27.1. The summed E-state index contributed by atoms with van der Waals surface area (Å²) in [4.78, 5) is 99.8. The molecule has 6 N–H and O–H groups in total. The van der Waals surface area contributed by atoms with Crippen molar-refractivity contribution in [3.05, 3.63) is 215 Å². The fourth-order valence-electron chi connectivity index (χ4n) is 10.0. The first-order valence-corrected chi connectivity index (χ1v) is 27.1. The van der Waals surface area contributed by atoms with Crippen LogP contribution in [0.1, 0.15) is 70.4 Å². The Morgan fingerprint density at radius 3 is 0.615 bits per heavy atom. The Morgan fingerprint density at radius 2 is 0.436 bits per heavy atom. The van der Waals surface area contributed by atoms with E-state index in [9.17, 15) is 0 Å². The van der Waals surface area contributed by atoms with E-state index in [0.717, 1.165) is 33.4 Å². The summed E-state index contributed by atoms with van der Waals surface area (Å²) in [5, 5.41) is 0. The van der Waals surface area contributed by atoms with Gasteiger partial charge in [0.2, 0.25) is 35.4 Å². The Hall–Kier alpha value is -7.98. The second kappa shape index (κ2) is 30.1. The first kappa shape index (κ1) is 57.7. The van der Waals surface area contributed by atoms with E-state index in [2.05, 4.69) is 0 Å². The number of nitrogens with two attached hydrogens (primary N) is 3. The highest BCUT2D eigenvalue weighted by molar-refractivity contribution is 5.94. The summed E-state index contributed by atoms with van der Waals surface area (Å²) >= 11 is 0. The number of carbonyl (C=O) groups excluding carboxylic acids is 6. The Balaban J connectivity index is 1.35. The molecular formula is C63H75N9O6. The minimum absolute atomic E-state index is 0.0474. The van der Waals surface area contributed by atoms with Crippen LogP contribution in [0.25, 0.3) is 0 Å². The average Bonchev–Trinajstić information content (AvgIpc) is 3.48. The Morgan fingerprint density at radius 1 is 0.269 bits per heavy atom. The molecule has 0 unspecified atom stereocenters. The highest BCUT2D eigenvalue weighted by Crippen LogP contribution is 2.29. The minimum atomic E-state index is -0.505. The molecule has 0 aliphatic carbocycles. The minimum Gasteiger partial charge on any atom is -0.332 e. The summed E-state index contributed by atoms with van der Waals surface area (Å²) in [7, 11) is 0. The highest BCUT2D eigenvalue weighted by Gasteiger charge is 2.34. The molecule has 6 aromatic carbocycles. The lowest BCUT2D eigenvalue weighted by molar-refractivity contribution is -0.150. The number of benzene rings is 6. The Labute approximate surface area is 459 Å². The first-order chi connectivity index (χ1) is 38.1. The molecule has 0 atom stereocenters. The van der Waals surface area contributed by atoms with Gasteiger partial charge in [-0.05, 0) is 72.3 Å². The van der Waals surface area contributed by atoms with Crippen LogP contribution in [-0.2, 0) is 28.8 Å². The predicted octanol–water partition coefficient (Wildman–Crippen LogP) is 5.51. The lowest BCUT2D eigenvalue weighted by Crippen LogP contribution is -2.54. The van der Waals surface area contributed by atoms with Gasteiger partial charge in [0.1, 0.15) is 0 Å². The molecule has 0 bridgehead atoms. The van der Waals surface area contributed by atoms with Crippen LogP contribution in [-0.4, -0.2) is 163 Å². The second-order valence-corrected chi connectivity index (χ2v) is 19.8. The summed E-state index contributed by atoms with van der Waals surface area (Å²) in [5.41, 5.74) is 23.7. The van der Waals surface area contributed by atoms with E-state index in [1.54, 1.807) is 0 Å². The molecule has 78 heavy (non-hydrogen) atoms. The van der Waals surface area contributed by atoms with E-state index in [0.29, 0.717) is 19.3 Å². The number of rotatable bonds is 21. The average molecular weight is 1050 g/mol. The van der Waals surface area contributed by atoms with Gasteiger partial charge in [0.25, 0.3) is 0 Å². The van der Waals surface area contributed by atoms with Crippen LogP contribution in [0, 0.1) is 0 Å². The smallest absolute Gasteiger partial charge is 0.242 e. The molecule has 6 amide bonds. The van der Waals surface area contributed by atoms with Crippen molar-refractivity contribution in [2.75, 3.05) is 98.2 Å². The SMILES string of the molecule is NCCCN1CC(=O)N(CC(c2ccccc2)c2ccccc2)CC(=O)N(CCCN)CC(=O)N(CC(c2ccccc2)c2ccccc2)CC(=O)N(CCCN)CC(=O)N(CC(c2ccccc2)c2ccccc2)CC1=O. The van der Waals surface area contributed by atoms with Gasteiger partial charge in [0.15, 0.2) is 0 Å². The second-order valence-electron chi connectivity index (χ2n) is 19.8. The van der Waals surface area contributed by atoms with E-state index in [4.69, 9.17) is 17.2 Å². The third kappa shape index (κ3) is 16.5. The van der Waals surface area contributed by atoms with Crippen LogP contribution in [0.5, 0.6) is 0 Å². The fourth-order valence-corrected chi connectivity index (χ4v) is 10.0. The molecule has 0 saturated carbocycles. The Kier molecular flexibility index (Phi) is 22.3. The molecule has 1 fully saturated rings. The van der Waals surface area contributed by atoms with Crippen molar-refractivity contribution < 1.29 is 28.8 Å². The molecule has 1 saturated heterocycles. The molecule has 1 aliphatic rings. The summed E-state index contributed by atoms with van der Waals surface area (Å²) in [6.45, 7) is -1.53. The van der Waals surface area contributed by atoms with Crippen molar-refractivity contribution in [1.29, 1.82) is 0 Å². The van der Waals surface area contributed by atoms with Crippen LogP contribution in [0.2, 0.25) is 0 Å². The van der Waals surface area contributed by atoms with Crippen molar-refractivity contribution in [3.63, 3.8) is 0 Å². The van der Waals surface area contributed by atoms with Gasteiger partial charge in [-0.2, -0.15) is 0 Å². The van der Waals surface area contributed by atoms with E-state index in [1.165, 1.54) is 29.4 Å². The van der Waals surface area contributed by atoms with Crippen LogP contribution < -0.4 is 17.2 Å². The maximum absolute atomic E-state index is 15.3. The molecule has 7 rings (SSSR count). The number of carbonyl (C=O) groups is 6. The van der Waals surface area contributed by atoms with E-state index >= 15 is 28.8 Å². The maximum Gasteiger partial charge on any atom is 0.242 e. The molecule has 408 valence electrons. The van der Waals surface area contributed by atoms with Crippen molar-refractivity contribution in [1.82, 2.24) is 29.4 Å². The lowest BCUT2D eigenvalue weighted by Gasteiger charge is -2.36. The van der Waals surface area contributed by atoms with E-state index in [1.807, 2.05) is 182 Å². The maximum atomic E-state index is 15.3. The molecule has 1 aliphatic heterocycles. The molecule has 15 nitrogen and oxygen atoms in total. The standard InChI is InChI=1S/C63H75N9O6/c64-34-19-37-67-43-61(76)70(40-55(49-22-7-1-8-23-49)50-24-9-2-10-25-50)46-58(73)68(38-20-35-65)44-62(77)72(42-57(53-30-15-5-16-31-53)54-32-17-6-18-33-54)48-60(75)69(39-21-36-66)45-63(78)71(47-59(67)74)41-56(51-26-11-3-12-27-51)52-28-13-4-14-29-52/h1-18,22-33,55-57H,19-21,34-48,64-66H2. The quantitative estimate of drug-likeness (QED) is 0.0832. The van der Waals surface area contributed by atoms with Gasteiger partial charge in [-0.1, -0.05) is 182 Å². The molecule has 0 spiro atoms. The van der Waals surface area contributed by atoms with Gasteiger partial charge < -0.3 is 46.6 Å². The van der Waals surface area contributed by atoms with E-state index < -0.39 is 92.5 Å². The molecule has 15 heteroatoms. The Bertz CT molecular complexity index is 2390. The number of nitrogens with zero attached hydrogens (tertiary/aromatic N) is 6. The zero-order valence-corrected chi connectivity index (χ0v) is 44.6. The van der Waals surface area contributed by atoms with Crippen LogP contribution in [0.3, 0.4) is 0 Å². The van der Waals surface area contributed by atoms with Gasteiger partial charge in [0.05, 0.1) is 39.3 Å². The third-order valence-electron chi connectivity index (χ3n) is 14.4. The van der Waals surface area contributed by atoms with Crippen LogP contribution >= 0.6 is 0 Å². The van der Waals surface area contributed by atoms with Gasteiger partial charge in [0, 0.05) is 57.0 Å². The van der Waals surface area contributed by atoms with Crippen molar-refractivity contribution >= 4 is 35.4 Å². The van der Waals surface area contributed by atoms with Crippen molar-refractivity contribution in [3.8, 4) is 0 Å². The van der Waals surface area contributed by atoms with Crippen molar-refractivity contribution in [2.24, 2.45) is 17.2 Å². The topological polar surface area (TPSA) is 200 Å². The summed E-state index contributed by atoms with van der Waals surface area (Å²) in [6.07, 6.45) is 1.05. The third-order valence-corrected chi connectivity index (χ3v) is 14.4. The zero-order valence-electron chi connectivity index (χ0n) is 44.6. The molecule has 6 aromatic rings. The highest BCUT2D eigenvalue weighted by atomic mass is 16.2. The van der Waals surface area contributed by atoms with Gasteiger partial charge in [-0.3, -0.25) is 28.8 Å². The molecular weight excluding hydrogens is 979 g/mol. The lowest BCUT2D eigenvalue weighted by atomic mass is 9.90. The summed E-state index contributed by atoms with van der Waals surface area (Å²) < 4.78 is 0. The van der Waals surface area contributed by atoms with E-state index in [-0.39, 0.29) is 58.9 Å². The number of amides is 6. The van der Waals surface area contributed by atoms with Crippen molar-refractivity contribution in [2.45, 2.75) is 37.0 Å². The van der Waals surface area contributed by atoms with Gasteiger partial charge in [-0.25, -0.2) is 0 Å². The number of hydrogen-bond donors (Lipinski definition) is 3. The molecule has 0 radical (unpaired) electrons. The zero-order chi connectivity index (χ0) is 55.1. The predicted molar refractivity (Wildman–Crippen MR) is 305 cm³/mol. The fraction of sp³-hybridized carbons (Fsp3) is 0.333. The largest absolute Gasteiger partial charge is 0.332 e. The summed E-state index contributed by atoms with van der Waals surface area (Å²) in [5.74, 6) is -4.22. The normalized spacial score (nSPS) is 15.0. The number of hydrogen-bond acceptors (Lipinski definition) is 9. The van der Waals surface area contributed by atoms with Gasteiger partial charge in [-0.15, -0.1) is 0 Å². The summed E-state index contributed by atoms with van der Waals surface area (Å²) in [6, 6.07) is 58.3. The van der Waals surface area contributed by atoms with Crippen LogP contribution in [0.4, 0.5) is 0 Å². The monoisotopic (exact) mass is 1050 g/mol. The van der Waals surface area contributed by atoms with Crippen LogP contribution in [0.15, 0.2) is 182 Å².